The first-order chi connectivity index (χ1) is 8.35. The van der Waals surface area contributed by atoms with Crippen molar-refractivity contribution in [3.05, 3.63) is 23.9 Å². The molecule has 2 aromatic rings. The number of ether oxygens (including phenoxy) is 1. The molecule has 0 spiro atoms. The van der Waals surface area contributed by atoms with Crippen molar-refractivity contribution in [2.75, 3.05) is 5.32 Å². The molecule has 0 bridgehead atoms. The summed E-state index contributed by atoms with van der Waals surface area (Å²) in [5.74, 6) is 0. The van der Waals surface area contributed by atoms with E-state index in [2.05, 4.69) is 15.5 Å². The van der Waals surface area contributed by atoms with Crippen LogP contribution < -0.4 is 5.32 Å². The fraction of sp³-hybridized carbons (Fsp3) is 0.385. The third kappa shape index (κ3) is 2.80. The van der Waals surface area contributed by atoms with E-state index in [1.54, 1.807) is 6.20 Å². The molecule has 5 heteroatoms. The van der Waals surface area contributed by atoms with Gasteiger partial charge in [-0.2, -0.15) is 5.10 Å². The number of rotatable bonds is 1. The monoisotopic (exact) mass is 247 g/mol. The van der Waals surface area contributed by atoms with Crippen LogP contribution in [0.5, 0.6) is 0 Å². The molecule has 2 N–H and O–H groups in total. The second-order valence-electron chi connectivity index (χ2n) is 5.25. The summed E-state index contributed by atoms with van der Waals surface area (Å²) in [4.78, 5) is 11.7. The van der Waals surface area contributed by atoms with Gasteiger partial charge < -0.3 is 4.74 Å². The highest BCUT2D eigenvalue weighted by atomic mass is 16.6. The van der Waals surface area contributed by atoms with Crippen molar-refractivity contribution in [1.29, 1.82) is 0 Å². The van der Waals surface area contributed by atoms with Gasteiger partial charge in [0.15, 0.2) is 0 Å². The maximum absolute atomic E-state index is 11.7. The Labute approximate surface area is 106 Å². The quantitative estimate of drug-likeness (QED) is 0.813. The molecule has 1 aromatic carbocycles. The number of nitrogens with one attached hydrogen (secondary N) is 2. The first-order valence-corrected chi connectivity index (χ1v) is 5.79. The lowest BCUT2D eigenvalue weighted by molar-refractivity contribution is 0.0636. The van der Waals surface area contributed by atoms with Gasteiger partial charge in [-0.15, -0.1) is 0 Å². The van der Waals surface area contributed by atoms with E-state index in [-0.39, 0.29) is 0 Å². The smallest absolute Gasteiger partial charge is 0.412 e. The van der Waals surface area contributed by atoms with E-state index >= 15 is 0 Å². The van der Waals surface area contributed by atoms with E-state index in [1.807, 2.05) is 39.8 Å². The Kier molecular flexibility index (Phi) is 2.98. The maximum atomic E-state index is 11.7. The lowest BCUT2D eigenvalue weighted by Gasteiger charge is -2.19. The number of amides is 1. The van der Waals surface area contributed by atoms with Crippen LogP contribution in [0.3, 0.4) is 0 Å². The molecule has 0 fully saturated rings. The Balaban J connectivity index is 2.19. The van der Waals surface area contributed by atoms with Gasteiger partial charge in [0.2, 0.25) is 0 Å². The van der Waals surface area contributed by atoms with Gasteiger partial charge in [-0.1, -0.05) is 0 Å². The van der Waals surface area contributed by atoms with Crippen molar-refractivity contribution in [2.45, 2.75) is 33.3 Å². The van der Waals surface area contributed by atoms with Crippen LogP contribution in [0.4, 0.5) is 10.5 Å². The lowest BCUT2D eigenvalue weighted by atomic mass is 10.1. The average molecular weight is 247 g/mol. The highest BCUT2D eigenvalue weighted by Gasteiger charge is 2.16. The number of aromatic nitrogens is 2. The van der Waals surface area contributed by atoms with E-state index in [0.717, 1.165) is 16.5 Å². The van der Waals surface area contributed by atoms with E-state index < -0.39 is 11.7 Å². The normalized spacial score (nSPS) is 11.6. The van der Waals surface area contributed by atoms with Crippen molar-refractivity contribution >= 4 is 22.7 Å². The molecular formula is C13H17N3O2. The van der Waals surface area contributed by atoms with Crippen LogP contribution in [0.2, 0.25) is 0 Å². The van der Waals surface area contributed by atoms with Crippen molar-refractivity contribution in [1.82, 2.24) is 10.2 Å². The van der Waals surface area contributed by atoms with Gasteiger partial charge >= 0.3 is 6.09 Å². The Morgan fingerprint density at radius 1 is 1.39 bits per heavy atom. The van der Waals surface area contributed by atoms with Crippen molar-refractivity contribution in [2.24, 2.45) is 0 Å². The van der Waals surface area contributed by atoms with E-state index in [9.17, 15) is 4.79 Å². The Morgan fingerprint density at radius 3 is 2.78 bits per heavy atom. The molecule has 96 valence electrons. The summed E-state index contributed by atoms with van der Waals surface area (Å²) < 4.78 is 5.20. The zero-order chi connectivity index (χ0) is 13.3. The molecule has 18 heavy (non-hydrogen) atoms. The summed E-state index contributed by atoms with van der Waals surface area (Å²) >= 11 is 0. The molecule has 1 aromatic heterocycles. The predicted octanol–water partition coefficient (Wildman–Crippen LogP) is 3.22. The Morgan fingerprint density at radius 2 is 2.11 bits per heavy atom. The average Bonchev–Trinajstić information content (AvgIpc) is 2.62. The highest BCUT2D eigenvalue weighted by molar-refractivity contribution is 5.91. The molecule has 0 saturated heterocycles. The first-order valence-electron chi connectivity index (χ1n) is 5.79. The van der Waals surface area contributed by atoms with Gasteiger partial charge in [0.05, 0.1) is 11.7 Å². The second-order valence-corrected chi connectivity index (χ2v) is 5.25. The fourth-order valence-electron chi connectivity index (χ4n) is 1.73. The van der Waals surface area contributed by atoms with Gasteiger partial charge in [0.1, 0.15) is 5.60 Å². The van der Waals surface area contributed by atoms with Crippen LogP contribution in [0.15, 0.2) is 18.3 Å². The molecule has 1 amide bonds. The van der Waals surface area contributed by atoms with Gasteiger partial charge in [-0.3, -0.25) is 10.4 Å². The molecular weight excluding hydrogens is 230 g/mol. The van der Waals surface area contributed by atoms with Gasteiger partial charge in [0, 0.05) is 11.1 Å². The van der Waals surface area contributed by atoms with Crippen LogP contribution in [0.25, 0.3) is 10.9 Å². The molecule has 5 nitrogen and oxygen atoms in total. The molecule has 2 rings (SSSR count). The number of fused-ring (bicyclic) bond motifs is 1. The van der Waals surface area contributed by atoms with Crippen LogP contribution in [0.1, 0.15) is 26.3 Å². The Bertz CT molecular complexity index is 581. The zero-order valence-corrected chi connectivity index (χ0v) is 11.0. The second kappa shape index (κ2) is 4.33. The molecule has 0 aliphatic heterocycles. The van der Waals surface area contributed by atoms with Gasteiger partial charge in [-0.05, 0) is 45.4 Å². The minimum Gasteiger partial charge on any atom is -0.444 e. The summed E-state index contributed by atoms with van der Waals surface area (Å²) in [6, 6.07) is 3.74. The summed E-state index contributed by atoms with van der Waals surface area (Å²) in [6.45, 7) is 7.45. The third-order valence-electron chi connectivity index (χ3n) is 2.39. The fourth-order valence-corrected chi connectivity index (χ4v) is 1.73. The lowest BCUT2D eigenvalue weighted by Crippen LogP contribution is -2.27. The van der Waals surface area contributed by atoms with Crippen molar-refractivity contribution in [3.8, 4) is 0 Å². The molecule has 0 unspecified atom stereocenters. The summed E-state index contributed by atoms with van der Waals surface area (Å²) in [5, 5.41) is 10.6. The number of aryl methyl sites for hydroxylation is 1. The van der Waals surface area contributed by atoms with Crippen LogP contribution in [0, 0.1) is 6.92 Å². The largest absolute Gasteiger partial charge is 0.444 e. The van der Waals surface area contributed by atoms with Gasteiger partial charge in [0.25, 0.3) is 0 Å². The summed E-state index contributed by atoms with van der Waals surface area (Å²) in [7, 11) is 0. The number of hydrogen-bond acceptors (Lipinski definition) is 3. The zero-order valence-electron chi connectivity index (χ0n) is 11.0. The number of carbonyl (C=O) groups is 1. The van der Waals surface area contributed by atoms with E-state index in [0.29, 0.717) is 5.69 Å². The van der Waals surface area contributed by atoms with Crippen molar-refractivity contribution < 1.29 is 9.53 Å². The minimum atomic E-state index is -0.501. The molecule has 0 aliphatic rings. The predicted molar refractivity (Wildman–Crippen MR) is 70.7 cm³/mol. The van der Waals surface area contributed by atoms with Crippen LogP contribution in [-0.4, -0.2) is 21.9 Å². The molecule has 0 saturated carbocycles. The number of H-pyrrole nitrogens is 1. The molecule has 0 radical (unpaired) electrons. The standard InChI is InChI=1S/C13H17N3O2/c1-8-5-10(6-9-7-14-16-11(8)9)15-12(17)18-13(2,3)4/h5-7H,1-4H3,(H,14,16)(H,15,17). The van der Waals surface area contributed by atoms with E-state index in [1.165, 1.54) is 0 Å². The van der Waals surface area contributed by atoms with Crippen LogP contribution in [-0.2, 0) is 4.74 Å². The summed E-state index contributed by atoms with van der Waals surface area (Å²) in [6.07, 6.45) is 1.27. The molecule has 1 heterocycles. The Hall–Kier alpha value is -2.04. The molecule has 0 atom stereocenters. The third-order valence-corrected chi connectivity index (χ3v) is 2.39. The number of aromatic amines is 1. The number of hydrogen-bond donors (Lipinski definition) is 2. The summed E-state index contributed by atoms with van der Waals surface area (Å²) in [5.41, 5.74) is 2.20. The minimum absolute atomic E-state index is 0.454. The van der Waals surface area contributed by atoms with Crippen LogP contribution >= 0.6 is 0 Å². The van der Waals surface area contributed by atoms with E-state index in [4.69, 9.17) is 4.74 Å². The number of nitrogens with zero attached hydrogens (tertiary/aromatic N) is 1. The maximum Gasteiger partial charge on any atom is 0.412 e. The SMILES string of the molecule is Cc1cc(NC(=O)OC(C)(C)C)cc2cn[nH]c12. The number of benzene rings is 1. The first kappa shape index (κ1) is 12.4. The number of carbonyl (C=O) groups excluding carboxylic acids is 1. The van der Waals surface area contributed by atoms with Gasteiger partial charge in [-0.25, -0.2) is 4.79 Å². The van der Waals surface area contributed by atoms with Crippen molar-refractivity contribution in [3.63, 3.8) is 0 Å². The topological polar surface area (TPSA) is 67.0 Å². The number of anilines is 1. The molecule has 0 aliphatic carbocycles. The highest BCUT2D eigenvalue weighted by Crippen LogP contribution is 2.21.